The van der Waals surface area contributed by atoms with Crippen LogP contribution in [0.15, 0.2) is 30.3 Å². The number of hydrogen-bond acceptors (Lipinski definition) is 2. The summed E-state index contributed by atoms with van der Waals surface area (Å²) >= 11 is 0. The topological polar surface area (TPSA) is 55.1 Å². The largest absolute Gasteiger partial charge is 0.481 e. The lowest BCUT2D eigenvalue weighted by molar-refractivity contribution is -0.141. The van der Waals surface area contributed by atoms with E-state index >= 15 is 0 Å². The zero-order valence-corrected chi connectivity index (χ0v) is 12.2. The molecule has 2 aromatic rings. The van der Waals surface area contributed by atoms with Crippen LogP contribution >= 0.6 is 0 Å². The molecule has 112 valence electrons. The first-order valence-electron chi connectivity index (χ1n) is 6.98. The van der Waals surface area contributed by atoms with Crippen LogP contribution < -0.4 is 0 Å². The molecular weight excluding hydrogens is 271 g/mol. The van der Waals surface area contributed by atoms with E-state index in [1.165, 1.54) is 12.1 Å². The average Bonchev–Trinajstić information content (AvgIpc) is 2.81. The van der Waals surface area contributed by atoms with Crippen molar-refractivity contribution < 1.29 is 14.3 Å². The normalized spacial score (nSPS) is 12.3. The van der Waals surface area contributed by atoms with Gasteiger partial charge in [-0.2, -0.15) is 5.10 Å². The summed E-state index contributed by atoms with van der Waals surface area (Å²) in [6, 6.07) is 7.92. The number of nitrogens with zero attached hydrogens (tertiary/aromatic N) is 2. The van der Waals surface area contributed by atoms with Crippen LogP contribution in [0.3, 0.4) is 0 Å². The molecule has 0 aliphatic rings. The lowest BCUT2D eigenvalue weighted by atomic mass is 9.94. The van der Waals surface area contributed by atoms with Crippen LogP contribution in [0.2, 0.25) is 0 Å². The summed E-state index contributed by atoms with van der Waals surface area (Å²) in [5, 5.41) is 13.7. The van der Waals surface area contributed by atoms with E-state index < -0.39 is 11.9 Å². The molecule has 0 aliphatic heterocycles. The standard InChI is InChI=1S/C16H19FN2O2/c1-3-14-10-15(19(2)18-14)9-12(16(20)21)8-11-4-6-13(17)7-5-11/h4-7,10,12H,3,8-9H2,1-2H3,(H,20,21). The fraction of sp³-hybridized carbons (Fsp3) is 0.375. The van der Waals surface area contributed by atoms with E-state index in [0.29, 0.717) is 12.8 Å². The Balaban J connectivity index is 2.13. The van der Waals surface area contributed by atoms with E-state index in [4.69, 9.17) is 0 Å². The molecule has 0 saturated heterocycles. The minimum Gasteiger partial charge on any atom is -0.481 e. The Morgan fingerprint density at radius 1 is 1.33 bits per heavy atom. The van der Waals surface area contributed by atoms with Gasteiger partial charge in [-0.25, -0.2) is 4.39 Å². The van der Waals surface area contributed by atoms with Gasteiger partial charge in [-0.05, 0) is 36.6 Å². The highest BCUT2D eigenvalue weighted by atomic mass is 19.1. The van der Waals surface area contributed by atoms with Gasteiger partial charge in [-0.1, -0.05) is 19.1 Å². The minimum atomic E-state index is -0.849. The Morgan fingerprint density at radius 3 is 2.52 bits per heavy atom. The third-order valence-electron chi connectivity index (χ3n) is 3.59. The molecule has 21 heavy (non-hydrogen) atoms. The third kappa shape index (κ3) is 3.90. The first kappa shape index (κ1) is 15.2. The monoisotopic (exact) mass is 290 g/mol. The van der Waals surface area contributed by atoms with Gasteiger partial charge in [-0.3, -0.25) is 9.48 Å². The lowest BCUT2D eigenvalue weighted by Crippen LogP contribution is -2.20. The second-order valence-corrected chi connectivity index (χ2v) is 5.17. The van der Waals surface area contributed by atoms with Crippen LogP contribution in [0.4, 0.5) is 4.39 Å². The van der Waals surface area contributed by atoms with Crippen molar-refractivity contribution in [2.75, 3.05) is 0 Å². The Bertz CT molecular complexity index is 620. The molecule has 0 radical (unpaired) electrons. The van der Waals surface area contributed by atoms with Gasteiger partial charge in [0.15, 0.2) is 0 Å². The molecule has 1 N–H and O–H groups in total. The Hall–Kier alpha value is -2.17. The van der Waals surface area contributed by atoms with E-state index in [-0.39, 0.29) is 5.82 Å². The van der Waals surface area contributed by atoms with E-state index in [9.17, 15) is 14.3 Å². The summed E-state index contributed by atoms with van der Waals surface area (Å²) < 4.78 is 14.6. The quantitative estimate of drug-likeness (QED) is 0.889. The van der Waals surface area contributed by atoms with Crippen molar-refractivity contribution in [1.29, 1.82) is 0 Å². The number of carbonyl (C=O) groups is 1. The van der Waals surface area contributed by atoms with Gasteiger partial charge in [0.1, 0.15) is 5.82 Å². The number of aromatic nitrogens is 2. The van der Waals surface area contributed by atoms with E-state index in [2.05, 4.69) is 5.10 Å². The summed E-state index contributed by atoms with van der Waals surface area (Å²) in [6.45, 7) is 2.01. The van der Waals surface area contributed by atoms with Crippen molar-refractivity contribution in [1.82, 2.24) is 9.78 Å². The van der Waals surface area contributed by atoms with Crippen molar-refractivity contribution in [3.63, 3.8) is 0 Å². The van der Waals surface area contributed by atoms with E-state index in [1.54, 1.807) is 16.8 Å². The number of carboxylic acids is 1. The summed E-state index contributed by atoms with van der Waals surface area (Å²) in [7, 11) is 1.82. The van der Waals surface area contributed by atoms with Crippen LogP contribution in [0.1, 0.15) is 23.9 Å². The molecule has 1 aromatic carbocycles. The predicted molar refractivity (Wildman–Crippen MR) is 77.5 cm³/mol. The molecule has 0 saturated carbocycles. The van der Waals surface area contributed by atoms with Gasteiger partial charge >= 0.3 is 5.97 Å². The molecule has 1 heterocycles. The molecule has 0 amide bonds. The maximum absolute atomic E-state index is 12.9. The minimum absolute atomic E-state index is 0.315. The molecule has 1 aromatic heterocycles. The zero-order valence-electron chi connectivity index (χ0n) is 12.2. The maximum Gasteiger partial charge on any atom is 0.307 e. The predicted octanol–water partition coefficient (Wildman–Crippen LogP) is 2.61. The molecule has 0 fully saturated rings. The number of rotatable bonds is 6. The highest BCUT2D eigenvalue weighted by molar-refractivity contribution is 5.70. The molecule has 2 rings (SSSR count). The highest BCUT2D eigenvalue weighted by Crippen LogP contribution is 2.16. The zero-order chi connectivity index (χ0) is 15.4. The molecule has 0 spiro atoms. The molecule has 5 heteroatoms. The van der Waals surface area contributed by atoms with Crippen molar-refractivity contribution in [3.05, 3.63) is 53.1 Å². The van der Waals surface area contributed by atoms with Crippen LogP contribution in [0, 0.1) is 11.7 Å². The van der Waals surface area contributed by atoms with Crippen molar-refractivity contribution in [3.8, 4) is 0 Å². The van der Waals surface area contributed by atoms with Crippen molar-refractivity contribution in [2.24, 2.45) is 13.0 Å². The molecule has 1 atom stereocenters. The number of hydrogen-bond donors (Lipinski definition) is 1. The first-order chi connectivity index (χ1) is 9.99. The molecule has 0 aliphatic carbocycles. The summed E-state index contributed by atoms with van der Waals surface area (Å²) in [5.41, 5.74) is 2.68. The van der Waals surface area contributed by atoms with Gasteiger partial charge in [0.2, 0.25) is 0 Å². The van der Waals surface area contributed by atoms with Gasteiger partial charge in [0.25, 0.3) is 0 Å². The molecule has 1 unspecified atom stereocenters. The second kappa shape index (κ2) is 6.52. The summed E-state index contributed by atoms with van der Waals surface area (Å²) in [6.07, 6.45) is 1.61. The molecular formula is C16H19FN2O2. The SMILES string of the molecule is CCc1cc(CC(Cc2ccc(F)cc2)C(=O)O)n(C)n1. The average molecular weight is 290 g/mol. The van der Waals surface area contributed by atoms with Crippen LogP contribution in [-0.4, -0.2) is 20.9 Å². The van der Waals surface area contributed by atoms with Crippen LogP contribution in [0.25, 0.3) is 0 Å². The van der Waals surface area contributed by atoms with Gasteiger partial charge in [0, 0.05) is 19.2 Å². The number of benzene rings is 1. The van der Waals surface area contributed by atoms with Crippen molar-refractivity contribution >= 4 is 5.97 Å². The van der Waals surface area contributed by atoms with Gasteiger partial charge < -0.3 is 5.11 Å². The first-order valence-corrected chi connectivity index (χ1v) is 6.98. The fourth-order valence-corrected chi connectivity index (χ4v) is 2.34. The molecule has 0 bridgehead atoms. The number of aryl methyl sites for hydroxylation is 2. The summed E-state index contributed by atoms with van der Waals surface area (Å²) in [5.74, 6) is -1.71. The summed E-state index contributed by atoms with van der Waals surface area (Å²) in [4.78, 5) is 11.5. The smallest absolute Gasteiger partial charge is 0.307 e. The van der Waals surface area contributed by atoms with Crippen LogP contribution in [0.5, 0.6) is 0 Å². The second-order valence-electron chi connectivity index (χ2n) is 5.17. The van der Waals surface area contributed by atoms with Crippen molar-refractivity contribution in [2.45, 2.75) is 26.2 Å². The lowest BCUT2D eigenvalue weighted by Gasteiger charge is -2.12. The van der Waals surface area contributed by atoms with Gasteiger partial charge in [0.05, 0.1) is 11.6 Å². The van der Waals surface area contributed by atoms with Crippen LogP contribution in [-0.2, 0) is 31.1 Å². The number of aliphatic carboxylic acids is 1. The highest BCUT2D eigenvalue weighted by Gasteiger charge is 2.20. The maximum atomic E-state index is 12.9. The molecule has 4 nitrogen and oxygen atoms in total. The fourth-order valence-electron chi connectivity index (χ4n) is 2.34. The Kier molecular flexibility index (Phi) is 4.73. The Labute approximate surface area is 123 Å². The third-order valence-corrected chi connectivity index (χ3v) is 3.59. The van der Waals surface area contributed by atoms with E-state index in [1.807, 2.05) is 20.0 Å². The van der Waals surface area contributed by atoms with E-state index in [0.717, 1.165) is 23.4 Å². The Morgan fingerprint density at radius 2 is 2.00 bits per heavy atom. The van der Waals surface area contributed by atoms with Gasteiger partial charge in [-0.15, -0.1) is 0 Å². The number of halogens is 1. The number of carboxylic acid groups (broad SMARTS) is 1.